The molecule has 28 heavy (non-hydrogen) atoms. The molecule has 6 heteroatoms. The lowest BCUT2D eigenvalue weighted by atomic mass is 10.2. The van der Waals surface area contributed by atoms with Gasteiger partial charge in [-0.05, 0) is 37.6 Å². The molecule has 0 saturated carbocycles. The zero-order valence-electron chi connectivity index (χ0n) is 15.8. The van der Waals surface area contributed by atoms with Gasteiger partial charge in [-0.1, -0.05) is 30.3 Å². The fourth-order valence-electron chi connectivity index (χ4n) is 2.80. The van der Waals surface area contributed by atoms with Crippen LogP contribution in [0.25, 0.3) is 11.0 Å². The van der Waals surface area contributed by atoms with Crippen molar-refractivity contribution in [3.8, 4) is 5.75 Å². The molecule has 0 spiro atoms. The van der Waals surface area contributed by atoms with Crippen molar-refractivity contribution in [3.05, 3.63) is 65.9 Å². The largest absolute Gasteiger partial charge is 0.493 e. The van der Waals surface area contributed by atoms with Crippen LogP contribution in [-0.4, -0.2) is 25.0 Å². The van der Waals surface area contributed by atoms with Crippen LogP contribution in [-0.2, 0) is 16.1 Å². The first-order valence-corrected chi connectivity index (χ1v) is 9.30. The Morgan fingerprint density at radius 3 is 2.68 bits per heavy atom. The average molecular weight is 381 g/mol. The lowest BCUT2D eigenvalue weighted by Gasteiger charge is -2.10. The van der Waals surface area contributed by atoms with Crippen LogP contribution in [0.3, 0.4) is 0 Å². The van der Waals surface area contributed by atoms with Crippen molar-refractivity contribution in [1.29, 1.82) is 0 Å². The van der Waals surface area contributed by atoms with Crippen molar-refractivity contribution in [2.75, 3.05) is 13.2 Å². The highest BCUT2D eigenvalue weighted by Gasteiger charge is 2.12. The molecule has 1 heterocycles. The van der Waals surface area contributed by atoms with Gasteiger partial charge in [0.15, 0.2) is 0 Å². The van der Waals surface area contributed by atoms with E-state index in [-0.39, 0.29) is 24.9 Å². The van der Waals surface area contributed by atoms with Crippen LogP contribution < -0.4 is 10.1 Å². The summed E-state index contributed by atoms with van der Waals surface area (Å²) in [6.07, 6.45) is 0.703. The van der Waals surface area contributed by atoms with E-state index in [0.29, 0.717) is 36.6 Å². The van der Waals surface area contributed by atoms with Crippen molar-refractivity contribution >= 4 is 22.8 Å². The van der Waals surface area contributed by atoms with Crippen LogP contribution in [0.15, 0.2) is 59.0 Å². The summed E-state index contributed by atoms with van der Waals surface area (Å²) in [6, 6.07) is 16.6. The lowest BCUT2D eigenvalue weighted by molar-refractivity contribution is -0.145. The normalized spacial score (nSPS) is 10.6. The number of hydrogen-bond acceptors (Lipinski definition) is 5. The molecule has 0 saturated heterocycles. The standard InChI is InChI=1S/C22H23NO5/c1-2-26-20-11-6-4-9-18(20)22(25)23-13-7-12-21(24)27-15-17-14-16-8-3-5-10-19(16)28-17/h3-6,8-11,14H,2,7,12-13,15H2,1H3,(H,23,25). The molecule has 0 bridgehead atoms. The molecular formula is C22H23NO5. The highest BCUT2D eigenvalue weighted by Crippen LogP contribution is 2.19. The molecular weight excluding hydrogens is 358 g/mol. The Labute approximate surface area is 163 Å². The van der Waals surface area contributed by atoms with E-state index in [1.807, 2.05) is 43.3 Å². The quantitative estimate of drug-likeness (QED) is 0.446. The maximum Gasteiger partial charge on any atom is 0.306 e. The number of carbonyl (C=O) groups excluding carboxylic acids is 2. The van der Waals surface area contributed by atoms with Crippen LogP contribution >= 0.6 is 0 Å². The minimum absolute atomic E-state index is 0.0988. The van der Waals surface area contributed by atoms with Crippen molar-refractivity contribution in [2.45, 2.75) is 26.4 Å². The summed E-state index contributed by atoms with van der Waals surface area (Å²) in [6.45, 7) is 2.83. The third-order valence-electron chi connectivity index (χ3n) is 4.13. The molecule has 1 N–H and O–H groups in total. The number of rotatable bonds is 9. The van der Waals surface area contributed by atoms with Gasteiger partial charge in [0.05, 0.1) is 12.2 Å². The minimum atomic E-state index is -0.329. The first-order valence-electron chi connectivity index (χ1n) is 9.30. The number of furan rings is 1. The Balaban J connectivity index is 1.39. The van der Waals surface area contributed by atoms with Gasteiger partial charge < -0.3 is 19.2 Å². The molecule has 0 aliphatic carbocycles. The molecule has 1 aromatic heterocycles. The first-order chi connectivity index (χ1) is 13.7. The lowest BCUT2D eigenvalue weighted by Crippen LogP contribution is -2.25. The maximum absolute atomic E-state index is 12.3. The van der Waals surface area contributed by atoms with Gasteiger partial charge in [0.1, 0.15) is 23.7 Å². The average Bonchev–Trinajstić information content (AvgIpc) is 3.13. The summed E-state index contributed by atoms with van der Waals surface area (Å²) in [5.41, 5.74) is 1.25. The molecule has 146 valence electrons. The van der Waals surface area contributed by atoms with Gasteiger partial charge in [-0.2, -0.15) is 0 Å². The van der Waals surface area contributed by atoms with Gasteiger partial charge in [0, 0.05) is 18.4 Å². The second-order valence-electron chi connectivity index (χ2n) is 6.20. The summed E-state index contributed by atoms with van der Waals surface area (Å²) in [5, 5.41) is 3.77. The molecule has 3 aromatic rings. The molecule has 6 nitrogen and oxygen atoms in total. The molecule has 0 fully saturated rings. The summed E-state index contributed by atoms with van der Waals surface area (Å²) < 4.78 is 16.3. The number of ether oxygens (including phenoxy) is 2. The van der Waals surface area contributed by atoms with Crippen molar-refractivity contribution in [3.63, 3.8) is 0 Å². The molecule has 0 aliphatic heterocycles. The van der Waals surface area contributed by atoms with Gasteiger partial charge >= 0.3 is 5.97 Å². The zero-order valence-corrected chi connectivity index (χ0v) is 15.8. The Morgan fingerprint density at radius 1 is 1.07 bits per heavy atom. The number of carbonyl (C=O) groups is 2. The van der Waals surface area contributed by atoms with E-state index in [1.54, 1.807) is 18.2 Å². The predicted octanol–water partition coefficient (Wildman–Crippen LogP) is 4.08. The van der Waals surface area contributed by atoms with Gasteiger partial charge in [-0.3, -0.25) is 9.59 Å². The smallest absolute Gasteiger partial charge is 0.306 e. The van der Waals surface area contributed by atoms with Crippen LogP contribution in [0, 0.1) is 0 Å². The number of fused-ring (bicyclic) bond motifs is 1. The Hall–Kier alpha value is -3.28. The van der Waals surface area contributed by atoms with Crippen LogP contribution in [0.2, 0.25) is 0 Å². The summed E-state index contributed by atoms with van der Waals surface area (Å²) >= 11 is 0. The second-order valence-corrected chi connectivity index (χ2v) is 6.20. The molecule has 0 atom stereocenters. The Morgan fingerprint density at radius 2 is 1.86 bits per heavy atom. The van der Waals surface area contributed by atoms with Gasteiger partial charge in [0.25, 0.3) is 5.91 Å². The van der Waals surface area contributed by atoms with E-state index in [4.69, 9.17) is 13.9 Å². The van der Waals surface area contributed by atoms with Crippen LogP contribution in [0.5, 0.6) is 5.75 Å². The van der Waals surface area contributed by atoms with E-state index in [0.717, 1.165) is 11.0 Å². The molecule has 3 rings (SSSR count). The van der Waals surface area contributed by atoms with Crippen LogP contribution in [0.1, 0.15) is 35.9 Å². The number of para-hydroxylation sites is 2. The van der Waals surface area contributed by atoms with Gasteiger partial charge in [0.2, 0.25) is 0 Å². The van der Waals surface area contributed by atoms with Crippen LogP contribution in [0.4, 0.5) is 0 Å². The Bertz CT molecular complexity index is 914. The number of hydrogen-bond donors (Lipinski definition) is 1. The fraction of sp³-hybridized carbons (Fsp3) is 0.273. The van der Waals surface area contributed by atoms with Gasteiger partial charge in [-0.25, -0.2) is 0 Å². The molecule has 0 unspecified atom stereocenters. The van der Waals surface area contributed by atoms with E-state index in [1.165, 1.54) is 0 Å². The van der Waals surface area contributed by atoms with E-state index >= 15 is 0 Å². The van der Waals surface area contributed by atoms with Gasteiger partial charge in [-0.15, -0.1) is 0 Å². The Kier molecular flexibility index (Phi) is 6.68. The highest BCUT2D eigenvalue weighted by molar-refractivity contribution is 5.96. The number of nitrogens with one attached hydrogen (secondary N) is 1. The number of benzene rings is 2. The SMILES string of the molecule is CCOc1ccccc1C(=O)NCCCC(=O)OCc1cc2ccccc2o1. The molecule has 0 radical (unpaired) electrons. The van der Waals surface area contributed by atoms with Crippen molar-refractivity contribution < 1.29 is 23.5 Å². The zero-order chi connectivity index (χ0) is 19.8. The number of amides is 1. The highest BCUT2D eigenvalue weighted by atomic mass is 16.5. The molecule has 1 amide bonds. The second kappa shape index (κ2) is 9.60. The fourth-order valence-corrected chi connectivity index (χ4v) is 2.80. The summed E-state index contributed by atoms with van der Waals surface area (Å²) in [4.78, 5) is 24.2. The van der Waals surface area contributed by atoms with Crippen molar-refractivity contribution in [2.24, 2.45) is 0 Å². The topological polar surface area (TPSA) is 77.8 Å². The number of esters is 1. The first kappa shape index (κ1) is 19.5. The summed E-state index contributed by atoms with van der Waals surface area (Å²) in [7, 11) is 0. The third-order valence-corrected chi connectivity index (χ3v) is 4.13. The van der Waals surface area contributed by atoms with Crippen molar-refractivity contribution in [1.82, 2.24) is 5.32 Å². The molecule has 0 aliphatic rings. The third kappa shape index (κ3) is 5.13. The monoisotopic (exact) mass is 381 g/mol. The van der Waals surface area contributed by atoms with E-state index < -0.39 is 0 Å². The minimum Gasteiger partial charge on any atom is -0.493 e. The molecule has 2 aromatic carbocycles. The summed E-state index contributed by atoms with van der Waals surface area (Å²) in [5.74, 6) is 0.604. The van der Waals surface area contributed by atoms with E-state index in [2.05, 4.69) is 5.32 Å². The predicted molar refractivity (Wildman–Crippen MR) is 105 cm³/mol. The van der Waals surface area contributed by atoms with E-state index in [9.17, 15) is 9.59 Å². The maximum atomic E-state index is 12.3.